The van der Waals surface area contributed by atoms with E-state index in [-0.39, 0.29) is 52.3 Å². The fourth-order valence-corrected chi connectivity index (χ4v) is 10.9. The van der Waals surface area contributed by atoms with Crippen molar-refractivity contribution in [1.82, 2.24) is 44.3 Å². The van der Waals surface area contributed by atoms with Crippen LogP contribution < -0.4 is 31.7 Å². The molecule has 18 heteroatoms. The summed E-state index contributed by atoms with van der Waals surface area (Å²) in [5.41, 5.74) is 3.12. The molecule has 66 heavy (non-hydrogen) atoms. The summed E-state index contributed by atoms with van der Waals surface area (Å²) in [6.45, 7) is 8.27. The number of nitrogens with zero attached hydrogens (tertiary/aromatic N) is 9. The summed E-state index contributed by atoms with van der Waals surface area (Å²) < 4.78 is 3.68. The first-order valence-electron chi connectivity index (χ1n) is 23.5. The molecule has 18 nitrogen and oxygen atoms in total. The number of pyridine rings is 3. The van der Waals surface area contributed by atoms with Gasteiger partial charge in [-0.3, -0.25) is 28.6 Å². The van der Waals surface area contributed by atoms with Gasteiger partial charge in [0.2, 0.25) is 11.9 Å². The SMILES string of the molecule is CC(=O)c1c(C)c2cnc(Nc3ccc(N4CCN(CC(=O)NC5CC6(C5)CC(Nc5nc(C(C)O)ccc5C(=O)Nc5cn(C)c(C7CC7)n5)C6)CC4)cn3)nc2n(C2CCCC2)c1=O. The number of rotatable bonds is 14. The number of hydrogen-bond acceptors (Lipinski definition) is 14. The van der Waals surface area contributed by atoms with Crippen molar-refractivity contribution in [2.24, 2.45) is 12.5 Å². The molecule has 5 aromatic heterocycles. The molecule has 6 heterocycles. The molecule has 5 N–H and O–H groups in total. The molecule has 10 rings (SSSR count). The second kappa shape index (κ2) is 17.5. The Bertz CT molecular complexity index is 2740. The fraction of sp³-hybridized carbons (Fsp3) is 0.521. The molecular weight excluding hydrogens is 839 g/mol. The maximum Gasteiger partial charge on any atom is 0.263 e. The summed E-state index contributed by atoms with van der Waals surface area (Å²) >= 11 is 0. The van der Waals surface area contributed by atoms with Crippen LogP contribution in [-0.4, -0.2) is 106 Å². The number of amides is 2. The third-order valence-electron chi connectivity index (χ3n) is 14.5. The summed E-state index contributed by atoms with van der Waals surface area (Å²) in [6.07, 6.45) is 14.3. The first-order chi connectivity index (χ1) is 31.8. The summed E-state index contributed by atoms with van der Waals surface area (Å²) in [7, 11) is 1.95. The number of carbonyl (C=O) groups excluding carboxylic acids is 3. The number of Topliss-reactive ketones (excluding diaryl/α,β-unsaturated/α-hetero) is 1. The van der Waals surface area contributed by atoms with Crippen molar-refractivity contribution < 1.29 is 19.5 Å². The van der Waals surface area contributed by atoms with Crippen LogP contribution in [0.2, 0.25) is 0 Å². The monoisotopic (exact) mass is 897 g/mol. The van der Waals surface area contributed by atoms with Gasteiger partial charge >= 0.3 is 0 Å². The largest absolute Gasteiger partial charge is 0.387 e. The quantitative estimate of drug-likeness (QED) is 0.0867. The van der Waals surface area contributed by atoms with Crippen molar-refractivity contribution in [3.05, 3.63) is 81.4 Å². The first-order valence-corrected chi connectivity index (χ1v) is 23.5. The fourth-order valence-electron chi connectivity index (χ4n) is 10.9. The number of fused-ring (bicyclic) bond motifs is 1. The zero-order chi connectivity index (χ0) is 45.9. The van der Waals surface area contributed by atoms with Gasteiger partial charge in [-0.1, -0.05) is 12.8 Å². The molecule has 5 fully saturated rings. The number of aliphatic hydroxyl groups excluding tert-OH is 1. The Morgan fingerprint density at radius 2 is 1.64 bits per heavy atom. The molecule has 4 aliphatic carbocycles. The van der Waals surface area contributed by atoms with E-state index >= 15 is 0 Å². The van der Waals surface area contributed by atoms with E-state index in [0.29, 0.717) is 63.7 Å². The molecule has 0 aromatic carbocycles. The molecule has 1 unspecified atom stereocenters. The second-order valence-corrected chi connectivity index (χ2v) is 19.4. The van der Waals surface area contributed by atoms with Gasteiger partial charge in [-0.25, -0.2) is 19.9 Å². The number of aryl methyl sites for hydroxylation is 2. The Hall–Kier alpha value is -6.27. The van der Waals surface area contributed by atoms with Crippen molar-refractivity contribution in [3.63, 3.8) is 0 Å². The van der Waals surface area contributed by atoms with Gasteiger partial charge in [-0.15, -0.1) is 0 Å². The van der Waals surface area contributed by atoms with Crippen LogP contribution in [0.25, 0.3) is 11.0 Å². The average Bonchev–Trinajstić information content (AvgIpc) is 3.83. The Morgan fingerprint density at radius 3 is 2.32 bits per heavy atom. The number of aliphatic hydroxyl groups is 1. The molecule has 0 bridgehead atoms. The van der Waals surface area contributed by atoms with Gasteiger partial charge in [0.1, 0.15) is 23.1 Å². The third kappa shape index (κ3) is 8.75. The first kappa shape index (κ1) is 43.6. The predicted molar refractivity (Wildman–Crippen MR) is 250 cm³/mol. The minimum atomic E-state index is -0.771. The molecule has 1 atom stereocenters. The van der Waals surface area contributed by atoms with E-state index < -0.39 is 6.10 Å². The average molecular weight is 898 g/mol. The Morgan fingerprint density at radius 1 is 0.894 bits per heavy atom. The summed E-state index contributed by atoms with van der Waals surface area (Å²) in [6, 6.07) is 7.58. The van der Waals surface area contributed by atoms with Crippen molar-refractivity contribution in [1.29, 1.82) is 0 Å². The van der Waals surface area contributed by atoms with Crippen molar-refractivity contribution in [2.45, 2.75) is 115 Å². The van der Waals surface area contributed by atoms with E-state index in [9.17, 15) is 24.3 Å². The summed E-state index contributed by atoms with van der Waals surface area (Å²) in [5.74, 6) is 2.82. The summed E-state index contributed by atoms with van der Waals surface area (Å²) in [4.78, 5) is 80.5. The number of nitrogens with one attached hydrogen (secondary N) is 4. The highest BCUT2D eigenvalue weighted by atomic mass is 16.3. The smallest absolute Gasteiger partial charge is 0.263 e. The highest BCUT2D eigenvalue weighted by Gasteiger charge is 2.53. The van der Waals surface area contributed by atoms with Gasteiger partial charge in [-0.2, -0.15) is 4.98 Å². The molecule has 1 spiro atoms. The zero-order valence-corrected chi connectivity index (χ0v) is 38.1. The minimum absolute atomic E-state index is 0.00138. The van der Waals surface area contributed by atoms with Crippen LogP contribution in [-0.2, 0) is 11.8 Å². The summed E-state index contributed by atoms with van der Waals surface area (Å²) in [5, 5.41) is 23.9. The lowest BCUT2D eigenvalue weighted by Gasteiger charge is -2.58. The van der Waals surface area contributed by atoms with Gasteiger partial charge < -0.3 is 35.8 Å². The van der Waals surface area contributed by atoms with Gasteiger partial charge in [0.05, 0.1) is 41.4 Å². The molecule has 0 radical (unpaired) electrons. The number of anilines is 5. The number of carbonyl (C=O) groups is 3. The molecule has 5 aromatic rings. The zero-order valence-electron chi connectivity index (χ0n) is 38.1. The van der Waals surface area contributed by atoms with Crippen LogP contribution in [0.1, 0.15) is 134 Å². The van der Waals surface area contributed by atoms with Crippen LogP contribution in [0.4, 0.5) is 29.1 Å². The lowest BCUT2D eigenvalue weighted by atomic mass is 9.52. The molecule has 2 amide bonds. The minimum Gasteiger partial charge on any atom is -0.387 e. The van der Waals surface area contributed by atoms with E-state index in [1.165, 1.54) is 6.92 Å². The highest BCUT2D eigenvalue weighted by Crippen LogP contribution is 2.56. The van der Waals surface area contributed by atoms with Gasteiger partial charge in [-0.05, 0) is 107 Å². The molecule has 4 saturated carbocycles. The normalized spacial score (nSPS) is 22.5. The van der Waals surface area contributed by atoms with Crippen LogP contribution in [0.15, 0.2) is 47.7 Å². The topological polar surface area (TPSA) is 217 Å². The van der Waals surface area contributed by atoms with Crippen molar-refractivity contribution in [3.8, 4) is 0 Å². The lowest BCUT2D eigenvalue weighted by molar-refractivity contribution is -0.125. The number of aromatic nitrogens is 7. The molecular formula is C48H59N13O5. The predicted octanol–water partition coefficient (Wildman–Crippen LogP) is 5.53. The number of ketones is 1. The second-order valence-electron chi connectivity index (χ2n) is 19.4. The van der Waals surface area contributed by atoms with Crippen LogP contribution in [0, 0.1) is 12.3 Å². The van der Waals surface area contributed by atoms with E-state index in [0.717, 1.165) is 102 Å². The molecule has 346 valence electrons. The van der Waals surface area contributed by atoms with Crippen molar-refractivity contribution >= 4 is 57.7 Å². The molecule has 1 aliphatic heterocycles. The Balaban J connectivity index is 0.679. The van der Waals surface area contributed by atoms with E-state index in [4.69, 9.17) is 4.98 Å². The molecule has 1 saturated heterocycles. The van der Waals surface area contributed by atoms with Gasteiger partial charge in [0, 0.05) is 75.1 Å². The van der Waals surface area contributed by atoms with Gasteiger partial charge in [0.15, 0.2) is 11.6 Å². The third-order valence-corrected chi connectivity index (χ3v) is 14.5. The van der Waals surface area contributed by atoms with E-state index in [1.54, 1.807) is 36.7 Å². The standard InChI is InChI=1S/C48H59N13O5/c1-27-36-24-50-47(57-44(36)61(33-7-5-6-8-33)46(66)41(27)29(3)63)56-38-14-11-34(23-49-38)60-17-15-59(16-18-60)26-40(64)51-31-19-48(20-31)21-32(22-48)52-42-35(12-13-37(53-42)28(2)62)45(65)55-39-25-58(4)43(54-39)30-9-10-30/h11-14,23-25,28,30-33,62H,5-10,15-22,26H2,1-4H3,(H,51,64)(H,52,53)(H,55,65)(H,49,50,56,57). The lowest BCUT2D eigenvalue weighted by Crippen LogP contribution is -2.60. The highest BCUT2D eigenvalue weighted by molar-refractivity contribution is 6.07. The number of hydrogen-bond donors (Lipinski definition) is 5. The van der Waals surface area contributed by atoms with Crippen LogP contribution in [0.5, 0.6) is 0 Å². The Kier molecular flexibility index (Phi) is 11.6. The Labute approximate surface area is 383 Å². The maximum absolute atomic E-state index is 13.6. The maximum atomic E-state index is 13.6. The van der Waals surface area contributed by atoms with Gasteiger partial charge in [0.25, 0.3) is 11.5 Å². The number of piperazine rings is 1. The number of imidazole rings is 1. The van der Waals surface area contributed by atoms with E-state index in [1.807, 2.05) is 36.1 Å². The van der Waals surface area contributed by atoms with Crippen LogP contribution >= 0.6 is 0 Å². The van der Waals surface area contributed by atoms with Crippen molar-refractivity contribution in [2.75, 3.05) is 53.6 Å². The van der Waals surface area contributed by atoms with E-state index in [2.05, 4.69) is 51.0 Å². The molecule has 5 aliphatic rings. The van der Waals surface area contributed by atoms with Crippen LogP contribution in [0.3, 0.4) is 0 Å².